The largest absolute Gasteiger partial charge is 0.492 e. The fourth-order valence-electron chi connectivity index (χ4n) is 2.65. The third-order valence-electron chi connectivity index (χ3n) is 3.92. The Labute approximate surface area is 130 Å². The van der Waals surface area contributed by atoms with Crippen molar-refractivity contribution in [3.05, 3.63) is 18.2 Å². The van der Waals surface area contributed by atoms with Crippen LogP contribution in [0.1, 0.15) is 20.8 Å². The van der Waals surface area contributed by atoms with Gasteiger partial charge >= 0.3 is 0 Å². The zero-order valence-corrected chi connectivity index (χ0v) is 13.5. The summed E-state index contributed by atoms with van der Waals surface area (Å²) in [5.74, 6) is 0.207. The average Bonchev–Trinajstić information content (AvgIpc) is 2.56. The van der Waals surface area contributed by atoms with Crippen LogP contribution in [0.3, 0.4) is 0 Å². The molecule has 0 atom stereocenters. The third kappa shape index (κ3) is 2.54. The van der Waals surface area contributed by atoms with Crippen LogP contribution in [0.4, 0.5) is 11.4 Å². The molecule has 0 spiro atoms. The fourth-order valence-corrected chi connectivity index (χ4v) is 2.65. The van der Waals surface area contributed by atoms with Gasteiger partial charge in [0, 0.05) is 26.2 Å². The highest BCUT2D eigenvalue weighted by molar-refractivity contribution is 6.19. The van der Waals surface area contributed by atoms with Crippen LogP contribution in [0, 0.1) is 5.41 Å². The molecule has 0 fully saturated rings. The normalized spacial score (nSPS) is 17.3. The number of nitrogens with two attached hydrogens (primary N) is 1. The molecule has 0 unspecified atom stereocenters. The van der Waals surface area contributed by atoms with Gasteiger partial charge in [-0.15, -0.1) is 0 Å². The Morgan fingerprint density at radius 1 is 1.18 bits per heavy atom. The van der Waals surface area contributed by atoms with Crippen LogP contribution in [0.25, 0.3) is 0 Å². The summed E-state index contributed by atoms with van der Waals surface area (Å²) in [5, 5.41) is 0. The van der Waals surface area contributed by atoms with Crippen LogP contribution in [-0.2, 0) is 9.59 Å². The lowest BCUT2D eigenvalue weighted by molar-refractivity contribution is -0.137. The summed E-state index contributed by atoms with van der Waals surface area (Å²) in [7, 11) is 1.68. The van der Waals surface area contributed by atoms with E-state index in [0.717, 1.165) is 0 Å². The number of amides is 2. The first-order valence-electron chi connectivity index (χ1n) is 7.41. The summed E-state index contributed by atoms with van der Waals surface area (Å²) in [4.78, 5) is 28.5. The van der Waals surface area contributed by atoms with Crippen LogP contribution in [0.2, 0.25) is 0 Å². The second kappa shape index (κ2) is 5.96. The monoisotopic (exact) mass is 305 g/mol. The lowest BCUT2D eigenvalue weighted by Crippen LogP contribution is -2.47. The maximum atomic E-state index is 12.7. The van der Waals surface area contributed by atoms with Crippen molar-refractivity contribution in [2.45, 2.75) is 20.8 Å². The number of hydrogen-bond acceptors (Lipinski definition) is 4. The van der Waals surface area contributed by atoms with Crippen molar-refractivity contribution in [1.29, 1.82) is 0 Å². The molecular weight excluding hydrogens is 282 g/mol. The molecule has 0 aromatic heterocycles. The number of ether oxygens (including phenoxy) is 1. The SMILES string of the molecule is CCN1C(=O)C(C)(C)C(=O)N(C)c2cc(OCCN)ccc21. The molecule has 1 aliphatic heterocycles. The fraction of sp³-hybridized carbons (Fsp3) is 0.500. The van der Waals surface area contributed by atoms with Crippen molar-refractivity contribution < 1.29 is 14.3 Å². The van der Waals surface area contributed by atoms with Crippen molar-refractivity contribution >= 4 is 23.2 Å². The summed E-state index contributed by atoms with van der Waals surface area (Å²) in [6.07, 6.45) is 0. The molecule has 22 heavy (non-hydrogen) atoms. The maximum Gasteiger partial charge on any atom is 0.242 e. The van der Waals surface area contributed by atoms with E-state index >= 15 is 0 Å². The highest BCUT2D eigenvalue weighted by Gasteiger charge is 2.45. The second-order valence-electron chi connectivity index (χ2n) is 5.83. The van der Waals surface area contributed by atoms with Gasteiger partial charge in [-0.05, 0) is 32.9 Å². The Hall–Kier alpha value is -2.08. The number of nitrogens with zero attached hydrogens (tertiary/aromatic N) is 2. The number of carbonyl (C=O) groups is 2. The highest BCUT2D eigenvalue weighted by Crippen LogP contribution is 2.40. The van der Waals surface area contributed by atoms with E-state index in [1.54, 1.807) is 37.9 Å². The summed E-state index contributed by atoms with van der Waals surface area (Å²) in [6.45, 7) is 6.53. The van der Waals surface area contributed by atoms with E-state index in [4.69, 9.17) is 10.5 Å². The van der Waals surface area contributed by atoms with Gasteiger partial charge in [-0.25, -0.2) is 0 Å². The van der Waals surface area contributed by atoms with Gasteiger partial charge in [0.15, 0.2) is 0 Å². The van der Waals surface area contributed by atoms with Gasteiger partial charge in [-0.3, -0.25) is 9.59 Å². The van der Waals surface area contributed by atoms with E-state index in [1.165, 1.54) is 4.90 Å². The molecule has 2 rings (SSSR count). The van der Waals surface area contributed by atoms with Gasteiger partial charge in [0.2, 0.25) is 11.8 Å². The second-order valence-corrected chi connectivity index (χ2v) is 5.83. The van der Waals surface area contributed by atoms with E-state index in [9.17, 15) is 9.59 Å². The van der Waals surface area contributed by atoms with Crippen LogP contribution < -0.4 is 20.3 Å². The van der Waals surface area contributed by atoms with E-state index in [1.807, 2.05) is 13.0 Å². The van der Waals surface area contributed by atoms with Crippen molar-refractivity contribution in [1.82, 2.24) is 0 Å². The summed E-state index contributed by atoms with van der Waals surface area (Å²) >= 11 is 0. The molecule has 1 aromatic rings. The smallest absolute Gasteiger partial charge is 0.242 e. The van der Waals surface area contributed by atoms with E-state index in [-0.39, 0.29) is 11.8 Å². The highest BCUT2D eigenvalue weighted by atomic mass is 16.5. The lowest BCUT2D eigenvalue weighted by atomic mass is 9.90. The predicted octanol–water partition coefficient (Wildman–Crippen LogP) is 1.38. The zero-order valence-electron chi connectivity index (χ0n) is 13.5. The van der Waals surface area contributed by atoms with Gasteiger partial charge < -0.3 is 20.3 Å². The van der Waals surface area contributed by atoms with Gasteiger partial charge in [0.05, 0.1) is 11.4 Å². The summed E-state index contributed by atoms with van der Waals surface area (Å²) in [5.41, 5.74) is 5.73. The number of carbonyl (C=O) groups excluding carboxylic acids is 2. The molecule has 6 nitrogen and oxygen atoms in total. The summed E-state index contributed by atoms with van der Waals surface area (Å²) in [6, 6.07) is 5.38. The topological polar surface area (TPSA) is 75.9 Å². The molecule has 1 aromatic carbocycles. The van der Waals surface area contributed by atoms with E-state index < -0.39 is 5.41 Å². The third-order valence-corrected chi connectivity index (χ3v) is 3.92. The molecule has 6 heteroatoms. The molecule has 1 heterocycles. The van der Waals surface area contributed by atoms with Gasteiger partial charge in [0.25, 0.3) is 0 Å². The van der Waals surface area contributed by atoms with Gasteiger partial charge in [-0.2, -0.15) is 0 Å². The minimum absolute atomic E-state index is 0.193. The Morgan fingerprint density at radius 2 is 1.86 bits per heavy atom. The number of benzene rings is 1. The maximum absolute atomic E-state index is 12.7. The summed E-state index contributed by atoms with van der Waals surface area (Å²) < 4.78 is 5.53. The first-order chi connectivity index (χ1) is 10.3. The number of hydrogen-bond donors (Lipinski definition) is 1. The number of fused-ring (bicyclic) bond motifs is 1. The first kappa shape index (κ1) is 16.3. The molecular formula is C16H23N3O3. The predicted molar refractivity (Wildman–Crippen MR) is 86.2 cm³/mol. The molecule has 2 N–H and O–H groups in total. The molecule has 0 saturated carbocycles. The Kier molecular flexibility index (Phi) is 4.42. The standard InChI is InChI=1S/C16H23N3O3/c1-5-19-12-7-6-11(22-9-8-17)10-13(12)18(4)14(20)16(2,3)15(19)21/h6-7,10H,5,8-9,17H2,1-4H3. The Balaban J connectivity index is 2.55. The van der Waals surface area contributed by atoms with Gasteiger partial charge in [0.1, 0.15) is 17.8 Å². The molecule has 1 aliphatic rings. The number of anilines is 2. The molecule has 2 amide bonds. The first-order valence-corrected chi connectivity index (χ1v) is 7.41. The number of rotatable bonds is 4. The average molecular weight is 305 g/mol. The Morgan fingerprint density at radius 3 is 2.45 bits per heavy atom. The Bertz CT molecular complexity index is 598. The van der Waals surface area contributed by atoms with Crippen LogP contribution in [0.5, 0.6) is 5.75 Å². The molecule has 0 aliphatic carbocycles. The zero-order chi connectivity index (χ0) is 16.5. The molecule has 0 bridgehead atoms. The van der Waals surface area contributed by atoms with Crippen molar-refractivity contribution in [2.24, 2.45) is 11.1 Å². The van der Waals surface area contributed by atoms with E-state index in [2.05, 4.69) is 0 Å². The van der Waals surface area contributed by atoms with Gasteiger partial charge in [-0.1, -0.05) is 0 Å². The quantitative estimate of drug-likeness (QED) is 0.853. The van der Waals surface area contributed by atoms with Crippen molar-refractivity contribution in [3.8, 4) is 5.75 Å². The van der Waals surface area contributed by atoms with Crippen molar-refractivity contribution in [2.75, 3.05) is 36.5 Å². The minimum Gasteiger partial charge on any atom is -0.492 e. The molecule has 120 valence electrons. The van der Waals surface area contributed by atoms with Crippen molar-refractivity contribution in [3.63, 3.8) is 0 Å². The molecule has 0 radical (unpaired) electrons. The van der Waals surface area contributed by atoms with E-state index in [0.29, 0.717) is 36.8 Å². The lowest BCUT2D eigenvalue weighted by Gasteiger charge is -2.27. The van der Waals surface area contributed by atoms with Crippen LogP contribution >= 0.6 is 0 Å². The van der Waals surface area contributed by atoms with Crippen LogP contribution in [0.15, 0.2) is 18.2 Å². The van der Waals surface area contributed by atoms with Crippen LogP contribution in [-0.4, -0.2) is 38.6 Å². The minimum atomic E-state index is -1.10. The molecule has 0 saturated heterocycles.